The molecule has 0 aromatic heterocycles. The lowest BCUT2D eigenvalue weighted by Crippen LogP contribution is -2.06. The van der Waals surface area contributed by atoms with Gasteiger partial charge in [-0.1, -0.05) is 29.8 Å². The van der Waals surface area contributed by atoms with E-state index in [0.717, 1.165) is 6.07 Å². The Kier molecular flexibility index (Phi) is 7.66. The van der Waals surface area contributed by atoms with Gasteiger partial charge in [0.25, 0.3) is 5.69 Å². The molecule has 0 radical (unpaired) electrons. The number of rotatable bonds is 8. The van der Waals surface area contributed by atoms with Crippen LogP contribution < -0.4 is 9.47 Å². The monoisotopic (exact) mass is 574 g/mol. The van der Waals surface area contributed by atoms with E-state index in [1.165, 1.54) is 24.3 Å². The first-order valence-electron chi connectivity index (χ1n) is 10.6. The predicted molar refractivity (Wildman–Crippen MR) is 135 cm³/mol. The predicted octanol–water partition coefficient (Wildman–Crippen LogP) is 6.47. The third-order valence-electron chi connectivity index (χ3n) is 4.98. The second-order valence-corrected chi connectivity index (χ2v) is 8.66. The van der Waals surface area contributed by atoms with Crippen molar-refractivity contribution in [3.63, 3.8) is 0 Å². The number of nitrogens with zero attached hydrogens (tertiary/aromatic N) is 2. The summed E-state index contributed by atoms with van der Waals surface area (Å²) in [6, 6.07) is 13.4. The Balaban J connectivity index is 1.63. The van der Waals surface area contributed by atoms with Crippen LogP contribution in [0.3, 0.4) is 0 Å². The number of benzene rings is 3. The van der Waals surface area contributed by atoms with Crippen molar-refractivity contribution in [2.75, 3.05) is 6.61 Å². The van der Waals surface area contributed by atoms with Crippen molar-refractivity contribution in [1.29, 1.82) is 0 Å². The molecular formula is C25H17BrClFN2O6. The van der Waals surface area contributed by atoms with Gasteiger partial charge in [-0.2, -0.15) is 0 Å². The third kappa shape index (κ3) is 5.55. The first kappa shape index (κ1) is 25.3. The molecule has 1 aliphatic rings. The Morgan fingerprint density at radius 3 is 2.67 bits per heavy atom. The summed E-state index contributed by atoms with van der Waals surface area (Å²) in [7, 11) is 0. The highest BCUT2D eigenvalue weighted by molar-refractivity contribution is 9.10. The minimum Gasteiger partial charge on any atom is -0.490 e. The molecular weight excluding hydrogens is 559 g/mol. The molecule has 0 spiro atoms. The zero-order valence-electron chi connectivity index (χ0n) is 18.7. The fourth-order valence-electron chi connectivity index (χ4n) is 3.31. The van der Waals surface area contributed by atoms with Crippen LogP contribution in [0.5, 0.6) is 11.5 Å². The minimum absolute atomic E-state index is 0.00575. The summed E-state index contributed by atoms with van der Waals surface area (Å²) in [6.07, 6.45) is 1.49. The SMILES string of the molecule is CCOc1cc(/C=C2\N=C(c3ccc([N+](=O)[O-])cc3Cl)OC2=O)cc(Br)c1OCc1ccccc1F. The Bertz CT molecular complexity index is 1430. The number of halogens is 3. The Hall–Kier alpha value is -3.76. The van der Waals surface area contributed by atoms with Crippen molar-refractivity contribution >= 4 is 51.2 Å². The van der Waals surface area contributed by atoms with E-state index in [-0.39, 0.29) is 40.3 Å². The number of hydrogen-bond donors (Lipinski definition) is 0. The standard InChI is InChI=1S/C25H17BrClFN2O6/c1-2-34-22-11-14(9-18(26)23(22)35-13-15-5-3-4-6-20(15)28)10-21-25(31)36-24(29-21)17-8-7-16(30(32)33)12-19(17)27/h3-12H,2,13H2,1H3/b21-10-. The van der Waals surface area contributed by atoms with E-state index in [0.29, 0.717) is 33.7 Å². The van der Waals surface area contributed by atoms with Crippen molar-refractivity contribution in [2.24, 2.45) is 4.99 Å². The molecule has 0 fully saturated rings. The zero-order valence-corrected chi connectivity index (χ0v) is 21.0. The smallest absolute Gasteiger partial charge is 0.363 e. The number of hydrogen-bond acceptors (Lipinski definition) is 7. The molecule has 0 bridgehead atoms. The lowest BCUT2D eigenvalue weighted by atomic mass is 10.1. The highest BCUT2D eigenvalue weighted by Gasteiger charge is 2.27. The van der Waals surface area contributed by atoms with E-state index >= 15 is 0 Å². The molecule has 184 valence electrons. The average Bonchev–Trinajstić information content (AvgIpc) is 3.19. The van der Waals surface area contributed by atoms with E-state index < -0.39 is 10.9 Å². The summed E-state index contributed by atoms with van der Waals surface area (Å²) in [5, 5.41) is 11.0. The molecule has 0 unspecified atom stereocenters. The second-order valence-electron chi connectivity index (χ2n) is 7.40. The maximum atomic E-state index is 14.0. The molecule has 8 nitrogen and oxygen atoms in total. The first-order chi connectivity index (χ1) is 17.3. The number of nitro groups is 1. The van der Waals surface area contributed by atoms with Crippen LogP contribution in [-0.4, -0.2) is 23.4 Å². The number of ether oxygens (including phenoxy) is 3. The molecule has 0 atom stereocenters. The Labute approximate surface area is 218 Å². The van der Waals surface area contributed by atoms with Crippen LogP contribution >= 0.6 is 27.5 Å². The van der Waals surface area contributed by atoms with Gasteiger partial charge >= 0.3 is 5.97 Å². The molecule has 0 saturated heterocycles. The molecule has 11 heteroatoms. The van der Waals surface area contributed by atoms with Gasteiger partial charge in [0.15, 0.2) is 17.2 Å². The van der Waals surface area contributed by atoms with Crippen molar-refractivity contribution in [3.05, 3.63) is 102 Å². The normalized spacial score (nSPS) is 13.9. The van der Waals surface area contributed by atoms with Crippen LogP contribution in [0, 0.1) is 15.9 Å². The van der Waals surface area contributed by atoms with Gasteiger partial charge in [-0.25, -0.2) is 14.2 Å². The largest absolute Gasteiger partial charge is 0.490 e. The number of carbonyl (C=O) groups is 1. The molecule has 0 N–H and O–H groups in total. The summed E-state index contributed by atoms with van der Waals surface area (Å²) in [4.78, 5) is 27.0. The van der Waals surface area contributed by atoms with Gasteiger partial charge in [0.05, 0.1) is 26.6 Å². The number of aliphatic imine (C=N–C) groups is 1. The van der Waals surface area contributed by atoms with Gasteiger partial charge in [0.2, 0.25) is 5.90 Å². The van der Waals surface area contributed by atoms with E-state index in [1.807, 2.05) is 0 Å². The maximum absolute atomic E-state index is 14.0. The number of carbonyl (C=O) groups excluding carboxylic acids is 1. The lowest BCUT2D eigenvalue weighted by Gasteiger charge is -2.15. The lowest BCUT2D eigenvalue weighted by molar-refractivity contribution is -0.384. The number of nitro benzene ring substituents is 1. The molecule has 1 heterocycles. The highest BCUT2D eigenvalue weighted by atomic mass is 79.9. The summed E-state index contributed by atoms with van der Waals surface area (Å²) in [5.74, 6) is -0.412. The molecule has 3 aromatic rings. The van der Waals surface area contributed by atoms with Crippen molar-refractivity contribution in [1.82, 2.24) is 0 Å². The molecule has 0 amide bonds. The summed E-state index contributed by atoms with van der Waals surface area (Å²) in [5.41, 5.74) is 0.977. The second kappa shape index (κ2) is 10.9. The molecule has 0 saturated carbocycles. The van der Waals surface area contributed by atoms with Gasteiger partial charge in [-0.05, 0) is 58.8 Å². The van der Waals surface area contributed by atoms with E-state index in [9.17, 15) is 19.3 Å². The number of non-ortho nitro benzene ring substituents is 1. The van der Waals surface area contributed by atoms with Crippen molar-refractivity contribution in [2.45, 2.75) is 13.5 Å². The third-order valence-corrected chi connectivity index (χ3v) is 5.88. The zero-order chi connectivity index (χ0) is 25.8. The fraction of sp³-hybridized carbons (Fsp3) is 0.120. The van der Waals surface area contributed by atoms with E-state index in [2.05, 4.69) is 20.9 Å². The van der Waals surface area contributed by atoms with Gasteiger partial charge in [0, 0.05) is 17.7 Å². The minimum atomic E-state index is -0.714. The first-order valence-corrected chi connectivity index (χ1v) is 11.7. The molecule has 4 rings (SSSR count). The molecule has 0 aliphatic carbocycles. The quantitative estimate of drug-likeness (QED) is 0.132. The topological polar surface area (TPSA) is 100 Å². The number of esters is 1. The van der Waals surface area contributed by atoms with Crippen LogP contribution in [0.15, 0.2) is 69.8 Å². The number of cyclic esters (lactones) is 1. The van der Waals surface area contributed by atoms with Gasteiger partial charge < -0.3 is 14.2 Å². The van der Waals surface area contributed by atoms with Gasteiger partial charge in [0.1, 0.15) is 12.4 Å². The van der Waals surface area contributed by atoms with Crippen molar-refractivity contribution < 1.29 is 28.3 Å². The summed E-state index contributed by atoms with van der Waals surface area (Å²) < 4.78 is 31.3. The van der Waals surface area contributed by atoms with Crippen LogP contribution in [0.2, 0.25) is 5.02 Å². The molecule has 3 aromatic carbocycles. The van der Waals surface area contributed by atoms with Crippen LogP contribution in [0.1, 0.15) is 23.6 Å². The van der Waals surface area contributed by atoms with E-state index in [1.54, 1.807) is 37.3 Å². The molecule has 1 aliphatic heterocycles. The maximum Gasteiger partial charge on any atom is 0.363 e. The highest BCUT2D eigenvalue weighted by Crippen LogP contribution is 2.38. The Morgan fingerprint density at radius 2 is 1.97 bits per heavy atom. The van der Waals surface area contributed by atoms with Gasteiger partial charge in [-0.3, -0.25) is 10.1 Å². The van der Waals surface area contributed by atoms with Crippen LogP contribution in [-0.2, 0) is 16.1 Å². The Morgan fingerprint density at radius 1 is 1.19 bits per heavy atom. The summed E-state index contributed by atoms with van der Waals surface area (Å²) in [6.45, 7) is 2.13. The van der Waals surface area contributed by atoms with Crippen LogP contribution in [0.4, 0.5) is 10.1 Å². The van der Waals surface area contributed by atoms with E-state index in [4.69, 9.17) is 25.8 Å². The van der Waals surface area contributed by atoms with Crippen molar-refractivity contribution in [3.8, 4) is 11.5 Å². The average molecular weight is 576 g/mol. The molecule has 36 heavy (non-hydrogen) atoms. The van der Waals surface area contributed by atoms with Crippen LogP contribution in [0.25, 0.3) is 6.08 Å². The fourth-order valence-corrected chi connectivity index (χ4v) is 4.14. The van der Waals surface area contributed by atoms with Gasteiger partial charge in [-0.15, -0.1) is 0 Å². The summed E-state index contributed by atoms with van der Waals surface area (Å²) >= 11 is 9.58.